The van der Waals surface area contributed by atoms with Crippen LogP contribution in [0.25, 0.3) is 0 Å². The van der Waals surface area contributed by atoms with Crippen LogP contribution >= 0.6 is 0 Å². The van der Waals surface area contributed by atoms with E-state index in [4.69, 9.17) is 5.11 Å². The summed E-state index contributed by atoms with van der Waals surface area (Å²) >= 11 is 0. The summed E-state index contributed by atoms with van der Waals surface area (Å²) in [7, 11) is 1.22. The quantitative estimate of drug-likeness (QED) is 0.820. The van der Waals surface area contributed by atoms with Gasteiger partial charge in [-0.2, -0.15) is 0 Å². The summed E-state index contributed by atoms with van der Waals surface area (Å²) in [5.41, 5.74) is -0.509. The van der Waals surface area contributed by atoms with Crippen molar-refractivity contribution in [1.29, 1.82) is 0 Å². The van der Waals surface area contributed by atoms with E-state index in [2.05, 4.69) is 4.74 Å². The van der Waals surface area contributed by atoms with Crippen molar-refractivity contribution < 1.29 is 23.0 Å². The summed E-state index contributed by atoms with van der Waals surface area (Å²) in [6.07, 6.45) is -5.20. The fraction of sp³-hybridized carbons (Fsp3) is 0.333. The Kier molecular flexibility index (Phi) is 3.35. The molecule has 0 heterocycles. The number of hydrogen-bond acceptors (Lipinski definition) is 2. The summed E-state index contributed by atoms with van der Waals surface area (Å²) in [5, 5.41) is 9.02. The van der Waals surface area contributed by atoms with Gasteiger partial charge in [-0.3, -0.25) is 0 Å². The molecule has 78 valence electrons. The largest absolute Gasteiger partial charge is 0.496 e. The summed E-state index contributed by atoms with van der Waals surface area (Å²) in [4.78, 5) is 0. The zero-order chi connectivity index (χ0) is 10.7. The number of aliphatic hydroxyl groups excluding tert-OH is 1. The number of alkyl halides is 2. The van der Waals surface area contributed by atoms with Crippen molar-refractivity contribution >= 4 is 0 Å². The maximum Gasteiger partial charge on any atom is 0.268 e. The van der Waals surface area contributed by atoms with Gasteiger partial charge >= 0.3 is 0 Å². The lowest BCUT2D eigenvalue weighted by atomic mass is 10.1. The number of aliphatic hydroxyl groups is 1. The molecule has 0 bridgehead atoms. The fourth-order valence-electron chi connectivity index (χ4n) is 1.11. The van der Waals surface area contributed by atoms with Gasteiger partial charge in [0.2, 0.25) is 0 Å². The predicted molar refractivity (Wildman–Crippen MR) is 43.9 cm³/mol. The molecule has 5 heteroatoms. The average Bonchev–Trinajstić information content (AvgIpc) is 2.16. The summed E-state index contributed by atoms with van der Waals surface area (Å²) in [5.74, 6) is -0.991. The van der Waals surface area contributed by atoms with E-state index in [1.54, 1.807) is 0 Å². The van der Waals surface area contributed by atoms with Crippen molar-refractivity contribution in [3.8, 4) is 5.75 Å². The first-order valence-corrected chi connectivity index (χ1v) is 3.86. The Morgan fingerprint density at radius 3 is 2.50 bits per heavy atom. The highest BCUT2D eigenvalue weighted by molar-refractivity contribution is 5.36. The van der Waals surface area contributed by atoms with Crippen LogP contribution in [0.5, 0.6) is 5.75 Å². The Morgan fingerprint density at radius 1 is 1.36 bits per heavy atom. The van der Waals surface area contributed by atoms with Gasteiger partial charge in [0.15, 0.2) is 0 Å². The van der Waals surface area contributed by atoms with Crippen LogP contribution in [0.3, 0.4) is 0 Å². The first kappa shape index (κ1) is 10.8. The third kappa shape index (κ3) is 1.98. The van der Waals surface area contributed by atoms with Crippen molar-refractivity contribution in [2.24, 2.45) is 0 Å². The van der Waals surface area contributed by atoms with Crippen LogP contribution in [-0.4, -0.2) is 18.6 Å². The molecular formula is C9H9F3O2. The second-order valence-electron chi connectivity index (χ2n) is 2.64. The van der Waals surface area contributed by atoms with E-state index in [1.807, 2.05) is 0 Å². The van der Waals surface area contributed by atoms with E-state index in [-0.39, 0.29) is 5.75 Å². The molecule has 1 aromatic carbocycles. The number of ether oxygens (including phenoxy) is 1. The van der Waals surface area contributed by atoms with Crippen molar-refractivity contribution in [3.05, 3.63) is 29.6 Å². The number of benzene rings is 1. The Hall–Kier alpha value is -1.23. The molecule has 0 radical (unpaired) electrons. The van der Waals surface area contributed by atoms with E-state index in [1.165, 1.54) is 19.2 Å². The van der Waals surface area contributed by atoms with Crippen LogP contribution in [0, 0.1) is 5.82 Å². The second-order valence-corrected chi connectivity index (χ2v) is 2.64. The highest BCUT2D eigenvalue weighted by Gasteiger charge is 2.25. The molecule has 0 saturated heterocycles. The smallest absolute Gasteiger partial charge is 0.268 e. The summed E-state index contributed by atoms with van der Waals surface area (Å²) in [6.45, 7) is 0. The summed E-state index contributed by atoms with van der Waals surface area (Å²) in [6, 6.07) is 3.61. The van der Waals surface area contributed by atoms with Crippen LogP contribution in [-0.2, 0) is 0 Å². The van der Waals surface area contributed by atoms with Gasteiger partial charge in [-0.05, 0) is 12.1 Å². The Labute approximate surface area is 78.9 Å². The van der Waals surface area contributed by atoms with Gasteiger partial charge in [-0.15, -0.1) is 0 Å². The summed E-state index contributed by atoms with van der Waals surface area (Å²) < 4.78 is 42.0. The van der Waals surface area contributed by atoms with Crippen molar-refractivity contribution in [3.63, 3.8) is 0 Å². The van der Waals surface area contributed by atoms with Crippen molar-refractivity contribution in [2.75, 3.05) is 7.11 Å². The molecule has 1 rings (SSSR count). The lowest BCUT2D eigenvalue weighted by Crippen LogP contribution is -2.11. The second kappa shape index (κ2) is 4.32. The molecule has 0 spiro atoms. The highest BCUT2D eigenvalue weighted by atomic mass is 19.3. The number of methoxy groups -OCH3 is 1. The zero-order valence-electron chi connectivity index (χ0n) is 7.38. The molecule has 1 atom stereocenters. The minimum atomic E-state index is -3.04. The van der Waals surface area contributed by atoms with Gasteiger partial charge in [0.05, 0.1) is 12.7 Å². The van der Waals surface area contributed by atoms with Gasteiger partial charge in [0, 0.05) is 0 Å². The van der Waals surface area contributed by atoms with Crippen LogP contribution < -0.4 is 4.74 Å². The van der Waals surface area contributed by atoms with Crippen molar-refractivity contribution in [2.45, 2.75) is 12.5 Å². The van der Waals surface area contributed by atoms with E-state index in [9.17, 15) is 13.2 Å². The van der Waals surface area contributed by atoms with Crippen molar-refractivity contribution in [1.82, 2.24) is 0 Å². The van der Waals surface area contributed by atoms with Crippen LogP contribution in [0.4, 0.5) is 13.2 Å². The maximum atomic E-state index is 13.1. The van der Waals surface area contributed by atoms with Crippen LogP contribution in [0.15, 0.2) is 18.2 Å². The molecule has 0 aliphatic heterocycles. The maximum absolute atomic E-state index is 13.1. The van der Waals surface area contributed by atoms with E-state index >= 15 is 0 Å². The molecule has 1 aromatic rings. The highest BCUT2D eigenvalue weighted by Crippen LogP contribution is 2.31. The Balaban J connectivity index is 3.16. The first-order chi connectivity index (χ1) is 6.57. The van der Waals surface area contributed by atoms with E-state index < -0.39 is 23.9 Å². The van der Waals surface area contributed by atoms with Gasteiger partial charge in [-0.25, -0.2) is 13.2 Å². The van der Waals surface area contributed by atoms with Crippen LogP contribution in [0.1, 0.15) is 11.7 Å². The monoisotopic (exact) mass is 206 g/mol. The molecule has 1 unspecified atom stereocenters. The molecule has 1 N–H and O–H groups in total. The molecule has 0 aliphatic carbocycles. The van der Waals surface area contributed by atoms with Gasteiger partial charge in [-0.1, -0.05) is 6.07 Å². The molecule has 14 heavy (non-hydrogen) atoms. The lowest BCUT2D eigenvalue weighted by molar-refractivity contribution is -0.00899. The average molecular weight is 206 g/mol. The molecule has 0 amide bonds. The topological polar surface area (TPSA) is 29.5 Å². The Morgan fingerprint density at radius 2 is 2.00 bits per heavy atom. The number of halogens is 3. The minimum absolute atomic E-state index is 0.0854. The predicted octanol–water partition coefficient (Wildman–Crippen LogP) is 2.13. The fourth-order valence-corrected chi connectivity index (χ4v) is 1.11. The number of hydrogen-bond donors (Lipinski definition) is 1. The lowest BCUT2D eigenvalue weighted by Gasteiger charge is -2.14. The third-order valence-electron chi connectivity index (χ3n) is 1.77. The molecule has 0 aliphatic rings. The SMILES string of the molecule is COc1cccc(F)c1C(O)C(F)F. The normalized spacial score (nSPS) is 13.0. The van der Waals surface area contributed by atoms with Gasteiger partial charge < -0.3 is 9.84 Å². The van der Waals surface area contributed by atoms with Gasteiger partial charge in [0.25, 0.3) is 6.43 Å². The van der Waals surface area contributed by atoms with Crippen LogP contribution in [0.2, 0.25) is 0 Å². The van der Waals surface area contributed by atoms with Gasteiger partial charge in [0.1, 0.15) is 17.7 Å². The molecular weight excluding hydrogens is 197 g/mol. The molecule has 0 aromatic heterocycles. The molecule has 0 fully saturated rings. The first-order valence-electron chi connectivity index (χ1n) is 3.86. The molecule has 0 saturated carbocycles. The van der Waals surface area contributed by atoms with E-state index in [0.717, 1.165) is 6.07 Å². The number of rotatable bonds is 3. The standard InChI is InChI=1S/C9H9F3O2/c1-14-6-4-2-3-5(10)7(6)8(13)9(11)12/h2-4,8-9,13H,1H3. The third-order valence-corrected chi connectivity index (χ3v) is 1.77. The van der Waals surface area contributed by atoms with E-state index in [0.29, 0.717) is 0 Å². The minimum Gasteiger partial charge on any atom is -0.496 e. The molecule has 2 nitrogen and oxygen atoms in total. The Bertz CT molecular complexity index is 315. The zero-order valence-corrected chi connectivity index (χ0v) is 7.38.